The van der Waals surface area contributed by atoms with E-state index in [1.807, 2.05) is 75.4 Å². The highest BCUT2D eigenvalue weighted by Gasteiger charge is 2.41. The zero-order valence-corrected chi connectivity index (χ0v) is 29.2. The quantitative estimate of drug-likeness (QED) is 0.190. The van der Waals surface area contributed by atoms with Crippen LogP contribution in [0, 0.1) is 25.7 Å². The van der Waals surface area contributed by atoms with E-state index in [2.05, 4.69) is 10.6 Å². The summed E-state index contributed by atoms with van der Waals surface area (Å²) < 4.78 is 0. The van der Waals surface area contributed by atoms with Gasteiger partial charge in [0.15, 0.2) is 0 Å². The second-order valence-corrected chi connectivity index (χ2v) is 14.2. The SMILES string of the molecule is Cc1cc(O)cc(C)c1C[C@H](N)C(=O)N1Cc2ccccc2C[C@H]1C(=O)N[C@@H](C(=O)N[C@@H](Cc1ccccc1)C(=O)O)[C@H](C)C1CCCCC1. The van der Waals surface area contributed by atoms with Crippen molar-refractivity contribution in [3.05, 3.63) is 100 Å². The fourth-order valence-electron chi connectivity index (χ4n) is 7.73. The lowest BCUT2D eigenvalue weighted by atomic mass is 9.77. The van der Waals surface area contributed by atoms with Gasteiger partial charge in [0, 0.05) is 19.4 Å². The number of carbonyl (C=O) groups is 4. The van der Waals surface area contributed by atoms with E-state index >= 15 is 0 Å². The normalized spacial score (nSPS) is 18.6. The average Bonchev–Trinajstić information content (AvgIpc) is 3.11. The average molecular weight is 683 g/mol. The largest absolute Gasteiger partial charge is 0.508 e. The molecule has 1 heterocycles. The predicted octanol–water partition coefficient (Wildman–Crippen LogP) is 4.35. The molecule has 3 aromatic carbocycles. The molecule has 0 radical (unpaired) electrons. The van der Waals surface area contributed by atoms with E-state index in [1.165, 1.54) is 4.90 Å². The van der Waals surface area contributed by atoms with Crippen LogP contribution < -0.4 is 16.4 Å². The van der Waals surface area contributed by atoms with Crippen molar-refractivity contribution in [3.63, 3.8) is 0 Å². The Labute approximate surface area is 294 Å². The molecule has 0 bridgehead atoms. The van der Waals surface area contributed by atoms with E-state index in [4.69, 9.17) is 5.73 Å². The molecule has 3 aromatic rings. The molecule has 266 valence electrons. The Morgan fingerprint density at radius 2 is 1.50 bits per heavy atom. The lowest BCUT2D eigenvalue weighted by molar-refractivity contribution is -0.145. The van der Waals surface area contributed by atoms with Crippen LogP contribution in [-0.4, -0.2) is 63.0 Å². The van der Waals surface area contributed by atoms with Gasteiger partial charge in [-0.3, -0.25) is 14.4 Å². The Balaban J connectivity index is 1.41. The monoisotopic (exact) mass is 682 g/mol. The zero-order valence-electron chi connectivity index (χ0n) is 29.2. The maximum Gasteiger partial charge on any atom is 0.326 e. The third kappa shape index (κ3) is 8.71. The van der Waals surface area contributed by atoms with Gasteiger partial charge in [0.1, 0.15) is 23.9 Å². The summed E-state index contributed by atoms with van der Waals surface area (Å²) in [7, 11) is 0. The first-order valence-electron chi connectivity index (χ1n) is 17.7. The Morgan fingerprint density at radius 1 is 0.880 bits per heavy atom. The third-order valence-electron chi connectivity index (χ3n) is 10.7. The van der Waals surface area contributed by atoms with Gasteiger partial charge in [-0.2, -0.15) is 0 Å². The molecule has 50 heavy (non-hydrogen) atoms. The third-order valence-corrected chi connectivity index (χ3v) is 10.7. The number of hydrogen-bond donors (Lipinski definition) is 5. The highest BCUT2D eigenvalue weighted by molar-refractivity contribution is 5.95. The summed E-state index contributed by atoms with van der Waals surface area (Å²) in [6.07, 6.45) is 5.58. The number of aromatic hydroxyl groups is 1. The number of carboxylic acids is 1. The molecule has 0 spiro atoms. The molecule has 5 rings (SSSR count). The smallest absolute Gasteiger partial charge is 0.326 e. The van der Waals surface area contributed by atoms with Gasteiger partial charge in [0.25, 0.3) is 0 Å². The van der Waals surface area contributed by atoms with Gasteiger partial charge in [0.05, 0.1) is 6.04 Å². The van der Waals surface area contributed by atoms with Crippen LogP contribution >= 0.6 is 0 Å². The van der Waals surface area contributed by atoms with Crippen molar-refractivity contribution in [2.75, 3.05) is 0 Å². The van der Waals surface area contributed by atoms with Crippen LogP contribution in [0.5, 0.6) is 5.75 Å². The summed E-state index contributed by atoms with van der Waals surface area (Å²) in [6.45, 7) is 5.85. The topological polar surface area (TPSA) is 162 Å². The first-order chi connectivity index (χ1) is 23.9. The lowest BCUT2D eigenvalue weighted by Crippen LogP contribution is -2.61. The summed E-state index contributed by atoms with van der Waals surface area (Å²) in [4.78, 5) is 56.4. The molecular weight excluding hydrogens is 632 g/mol. The van der Waals surface area contributed by atoms with Gasteiger partial charge in [-0.25, -0.2) is 4.79 Å². The lowest BCUT2D eigenvalue weighted by Gasteiger charge is -2.39. The van der Waals surface area contributed by atoms with Crippen LogP contribution in [0.1, 0.15) is 72.4 Å². The molecule has 1 aliphatic heterocycles. The number of carboxylic acid groups (broad SMARTS) is 1. The number of nitrogens with two attached hydrogens (primary N) is 1. The number of aliphatic carboxylic acids is 1. The Morgan fingerprint density at radius 3 is 2.14 bits per heavy atom. The number of phenols is 1. The van der Waals surface area contributed by atoms with Gasteiger partial charge < -0.3 is 31.5 Å². The molecule has 10 heteroatoms. The minimum absolute atomic E-state index is 0.0972. The first kappa shape index (κ1) is 36.6. The van der Waals surface area contributed by atoms with Crippen molar-refractivity contribution in [2.24, 2.45) is 17.6 Å². The highest BCUT2D eigenvalue weighted by Crippen LogP contribution is 2.32. The first-order valence-corrected chi connectivity index (χ1v) is 17.7. The van der Waals surface area contributed by atoms with Gasteiger partial charge in [-0.15, -0.1) is 0 Å². The molecule has 1 saturated carbocycles. The molecule has 3 amide bonds. The molecule has 1 fully saturated rings. The summed E-state index contributed by atoms with van der Waals surface area (Å²) in [5, 5.41) is 25.8. The van der Waals surface area contributed by atoms with Gasteiger partial charge in [0.2, 0.25) is 17.7 Å². The van der Waals surface area contributed by atoms with Crippen LogP contribution in [0.15, 0.2) is 66.7 Å². The molecule has 2 aliphatic rings. The number of phenolic OH excluding ortho intramolecular Hbond substituents is 1. The van der Waals surface area contributed by atoms with E-state index in [0.29, 0.717) is 0 Å². The number of benzene rings is 3. The zero-order chi connectivity index (χ0) is 35.9. The molecule has 0 saturated heterocycles. The summed E-state index contributed by atoms with van der Waals surface area (Å²) in [5.74, 6) is -2.53. The molecule has 5 atom stereocenters. The maximum absolute atomic E-state index is 14.4. The summed E-state index contributed by atoms with van der Waals surface area (Å²) >= 11 is 0. The van der Waals surface area contributed by atoms with Crippen molar-refractivity contribution in [3.8, 4) is 5.75 Å². The summed E-state index contributed by atoms with van der Waals surface area (Å²) in [6, 6.07) is 16.0. The molecule has 10 nitrogen and oxygen atoms in total. The van der Waals surface area contributed by atoms with E-state index < -0.39 is 42.0 Å². The van der Waals surface area contributed by atoms with Crippen molar-refractivity contribution in [1.82, 2.24) is 15.5 Å². The van der Waals surface area contributed by atoms with Crippen molar-refractivity contribution < 1.29 is 29.4 Å². The van der Waals surface area contributed by atoms with Crippen LogP contribution in [0.25, 0.3) is 0 Å². The number of aryl methyl sites for hydroxylation is 2. The highest BCUT2D eigenvalue weighted by atomic mass is 16.4. The Kier molecular flexibility index (Phi) is 12.0. The molecule has 6 N–H and O–H groups in total. The van der Waals surface area contributed by atoms with Crippen molar-refractivity contribution >= 4 is 23.7 Å². The fraction of sp³-hybridized carbons (Fsp3) is 0.450. The van der Waals surface area contributed by atoms with Crippen LogP contribution in [0.3, 0.4) is 0 Å². The molecular formula is C40H50N4O6. The van der Waals surface area contributed by atoms with E-state index in [1.54, 1.807) is 12.1 Å². The van der Waals surface area contributed by atoms with Crippen molar-refractivity contribution in [1.29, 1.82) is 0 Å². The van der Waals surface area contributed by atoms with E-state index in [0.717, 1.165) is 65.5 Å². The van der Waals surface area contributed by atoms with E-state index in [-0.39, 0.29) is 49.3 Å². The number of hydrogen-bond acceptors (Lipinski definition) is 6. The fourth-order valence-corrected chi connectivity index (χ4v) is 7.73. The van der Waals surface area contributed by atoms with Crippen molar-refractivity contribution in [2.45, 2.75) is 103 Å². The molecule has 0 aromatic heterocycles. The van der Waals surface area contributed by atoms with Gasteiger partial charge >= 0.3 is 5.97 Å². The van der Waals surface area contributed by atoms with E-state index in [9.17, 15) is 29.4 Å². The van der Waals surface area contributed by atoms with Crippen LogP contribution in [0.2, 0.25) is 0 Å². The Bertz CT molecular complexity index is 1670. The van der Waals surface area contributed by atoms with Crippen LogP contribution in [-0.2, 0) is 45.0 Å². The Hall–Kier alpha value is -4.70. The van der Waals surface area contributed by atoms with Gasteiger partial charge in [-0.1, -0.05) is 93.6 Å². The summed E-state index contributed by atoms with van der Waals surface area (Å²) in [5.41, 5.74) is 11.7. The minimum Gasteiger partial charge on any atom is -0.508 e. The number of nitrogens with one attached hydrogen (secondary N) is 2. The number of carbonyl (C=O) groups excluding carboxylic acids is 3. The number of amides is 3. The van der Waals surface area contributed by atoms with Crippen LogP contribution in [0.4, 0.5) is 0 Å². The second-order valence-electron chi connectivity index (χ2n) is 14.2. The maximum atomic E-state index is 14.4. The number of rotatable bonds is 12. The minimum atomic E-state index is -1.19. The molecule has 1 aliphatic carbocycles. The second kappa shape index (κ2) is 16.3. The van der Waals surface area contributed by atoms with Gasteiger partial charge in [-0.05, 0) is 77.6 Å². The molecule has 0 unspecified atom stereocenters. The number of nitrogens with zero attached hydrogens (tertiary/aromatic N) is 1. The number of fused-ring (bicyclic) bond motifs is 1. The standard InChI is InChI=1S/C40H50N4O6/c1-24-18-31(45)19-25(2)32(24)22-33(41)39(48)44-23-30-17-11-10-16-29(30)21-35(44)37(46)43-36(26(3)28-14-8-5-9-15-28)38(47)42-34(40(49)50)20-27-12-6-4-7-13-27/h4,6-7,10-13,16-19,26,28,33-36,45H,5,8-9,14-15,20-23,41H2,1-3H3,(H,42,47)(H,43,46)(H,49,50)/t26-,33+,34+,35+,36-/m1/s1. The predicted molar refractivity (Wildman–Crippen MR) is 191 cm³/mol.